The maximum Gasteiger partial charge on any atom is 0.227 e. The van der Waals surface area contributed by atoms with Crippen LogP contribution in [0, 0.1) is 5.92 Å². The summed E-state index contributed by atoms with van der Waals surface area (Å²) in [6.07, 6.45) is 4.29. The summed E-state index contributed by atoms with van der Waals surface area (Å²) in [5.74, 6) is -0.225. The molecule has 4 nitrogen and oxygen atoms in total. The zero-order valence-electron chi connectivity index (χ0n) is 16.0. The van der Waals surface area contributed by atoms with Crippen molar-refractivity contribution in [2.45, 2.75) is 39.0 Å². The molecule has 1 saturated heterocycles. The topological polar surface area (TPSA) is 49.4 Å². The van der Waals surface area contributed by atoms with E-state index in [4.69, 9.17) is 0 Å². The van der Waals surface area contributed by atoms with Crippen molar-refractivity contribution < 1.29 is 9.59 Å². The highest BCUT2D eigenvalue weighted by Crippen LogP contribution is 2.25. The van der Waals surface area contributed by atoms with E-state index in [0.717, 1.165) is 31.4 Å². The Kier molecular flexibility index (Phi) is 6.64. The monoisotopic (exact) mass is 364 g/mol. The van der Waals surface area contributed by atoms with Gasteiger partial charge in [-0.05, 0) is 48.9 Å². The molecule has 2 aromatic rings. The van der Waals surface area contributed by atoms with Crippen LogP contribution in [0.25, 0.3) is 0 Å². The van der Waals surface area contributed by atoms with Gasteiger partial charge in [0.1, 0.15) is 0 Å². The highest BCUT2D eigenvalue weighted by molar-refractivity contribution is 6.00. The second-order valence-corrected chi connectivity index (χ2v) is 7.16. The molecule has 1 aliphatic heterocycles. The molecule has 142 valence electrons. The molecule has 3 rings (SSSR count). The first kappa shape index (κ1) is 19.2. The van der Waals surface area contributed by atoms with Gasteiger partial charge in [0.15, 0.2) is 0 Å². The minimum Gasteiger partial charge on any atom is -0.356 e. The summed E-state index contributed by atoms with van der Waals surface area (Å²) in [6.45, 7) is 3.25. The Labute approximate surface area is 161 Å². The van der Waals surface area contributed by atoms with Crippen molar-refractivity contribution in [1.82, 2.24) is 5.32 Å². The Hall–Kier alpha value is -2.62. The van der Waals surface area contributed by atoms with Crippen molar-refractivity contribution in [1.29, 1.82) is 0 Å². The molecule has 0 aromatic heterocycles. The number of carbonyl (C=O) groups is 2. The molecule has 0 radical (unpaired) electrons. The summed E-state index contributed by atoms with van der Waals surface area (Å²) < 4.78 is 0. The highest BCUT2D eigenvalue weighted by Gasteiger charge is 2.34. The number of aryl methyl sites for hydroxylation is 2. The molecule has 0 aliphatic carbocycles. The number of hydrogen-bond donors (Lipinski definition) is 1. The van der Waals surface area contributed by atoms with Gasteiger partial charge in [-0.15, -0.1) is 0 Å². The third-order valence-corrected chi connectivity index (χ3v) is 5.19. The number of hydrogen-bond acceptors (Lipinski definition) is 2. The van der Waals surface area contributed by atoms with Crippen molar-refractivity contribution in [2.75, 3.05) is 18.0 Å². The van der Waals surface area contributed by atoms with Crippen LogP contribution in [0.1, 0.15) is 37.3 Å². The average Bonchev–Trinajstić information content (AvgIpc) is 3.10. The van der Waals surface area contributed by atoms with Crippen LogP contribution in [-0.4, -0.2) is 24.9 Å². The maximum absolute atomic E-state index is 12.4. The molecule has 4 heteroatoms. The fourth-order valence-corrected chi connectivity index (χ4v) is 3.50. The number of benzene rings is 2. The van der Waals surface area contributed by atoms with E-state index in [1.807, 2.05) is 30.3 Å². The number of rotatable bonds is 8. The van der Waals surface area contributed by atoms with E-state index in [1.165, 1.54) is 11.1 Å². The molecule has 1 aliphatic rings. The number of nitrogens with zero attached hydrogens (tertiary/aromatic N) is 1. The van der Waals surface area contributed by atoms with Crippen molar-refractivity contribution in [3.05, 3.63) is 65.7 Å². The fraction of sp³-hybridized carbons (Fsp3) is 0.391. The van der Waals surface area contributed by atoms with Crippen LogP contribution in [0.2, 0.25) is 0 Å². The summed E-state index contributed by atoms with van der Waals surface area (Å²) in [5.41, 5.74) is 3.46. The van der Waals surface area contributed by atoms with Gasteiger partial charge >= 0.3 is 0 Å². The lowest BCUT2D eigenvalue weighted by molar-refractivity contribution is -0.126. The molecule has 27 heavy (non-hydrogen) atoms. The quantitative estimate of drug-likeness (QED) is 0.726. The minimum absolute atomic E-state index is 0.00394. The molecule has 1 fully saturated rings. The molecule has 0 spiro atoms. The van der Waals surface area contributed by atoms with Crippen LogP contribution in [-0.2, 0) is 22.4 Å². The molecule has 0 bridgehead atoms. The van der Waals surface area contributed by atoms with Gasteiger partial charge in [0.25, 0.3) is 0 Å². The second-order valence-electron chi connectivity index (χ2n) is 7.16. The Morgan fingerprint density at radius 1 is 1.04 bits per heavy atom. The van der Waals surface area contributed by atoms with Gasteiger partial charge in [0, 0.05) is 25.2 Å². The van der Waals surface area contributed by atoms with Gasteiger partial charge in [-0.25, -0.2) is 0 Å². The Bertz CT molecular complexity index is 756. The van der Waals surface area contributed by atoms with E-state index in [2.05, 4.69) is 36.5 Å². The third kappa shape index (κ3) is 5.19. The van der Waals surface area contributed by atoms with Crippen molar-refractivity contribution >= 4 is 17.5 Å². The third-order valence-electron chi connectivity index (χ3n) is 5.19. The molecule has 1 heterocycles. The number of anilines is 1. The maximum atomic E-state index is 12.4. The smallest absolute Gasteiger partial charge is 0.227 e. The first-order valence-corrected chi connectivity index (χ1v) is 9.88. The zero-order chi connectivity index (χ0) is 19.1. The van der Waals surface area contributed by atoms with E-state index in [-0.39, 0.29) is 17.7 Å². The normalized spacial score (nSPS) is 16.6. The van der Waals surface area contributed by atoms with Crippen LogP contribution in [0.5, 0.6) is 0 Å². The average molecular weight is 364 g/mol. The Morgan fingerprint density at radius 3 is 2.48 bits per heavy atom. The van der Waals surface area contributed by atoms with Gasteiger partial charge in [-0.3, -0.25) is 9.59 Å². The van der Waals surface area contributed by atoms with Crippen LogP contribution in [0.4, 0.5) is 5.69 Å². The van der Waals surface area contributed by atoms with Gasteiger partial charge in [-0.2, -0.15) is 0 Å². The summed E-state index contributed by atoms with van der Waals surface area (Å²) >= 11 is 0. The lowest BCUT2D eigenvalue weighted by Crippen LogP contribution is -2.33. The standard InChI is InChI=1S/C23H28N2O2/c1-2-18-11-13-21(14-12-18)25-17-20(16-22(25)26)23(27)24-15-7-6-10-19-8-4-3-5-9-19/h3-5,8-9,11-14,20H,2,6-7,10,15-17H2,1H3,(H,24,27)/t20-/m0/s1. The molecular formula is C23H28N2O2. The Morgan fingerprint density at radius 2 is 1.78 bits per heavy atom. The van der Waals surface area contributed by atoms with E-state index in [0.29, 0.717) is 19.5 Å². The zero-order valence-corrected chi connectivity index (χ0v) is 16.0. The van der Waals surface area contributed by atoms with Crippen LogP contribution in [0.15, 0.2) is 54.6 Å². The van der Waals surface area contributed by atoms with E-state index < -0.39 is 0 Å². The first-order chi connectivity index (χ1) is 13.2. The summed E-state index contributed by atoms with van der Waals surface area (Å²) in [4.78, 5) is 26.5. The van der Waals surface area contributed by atoms with Gasteiger partial charge in [0.2, 0.25) is 11.8 Å². The lowest BCUT2D eigenvalue weighted by atomic mass is 10.1. The Balaban J connectivity index is 1.42. The van der Waals surface area contributed by atoms with E-state index in [1.54, 1.807) is 4.90 Å². The SMILES string of the molecule is CCc1ccc(N2C[C@@H](C(=O)NCCCCc3ccccc3)CC2=O)cc1. The van der Waals surface area contributed by atoms with Crippen molar-refractivity contribution in [3.8, 4) is 0 Å². The van der Waals surface area contributed by atoms with Crippen LogP contribution in [0.3, 0.4) is 0 Å². The van der Waals surface area contributed by atoms with Gasteiger partial charge in [0.05, 0.1) is 5.92 Å². The summed E-state index contributed by atoms with van der Waals surface area (Å²) in [6, 6.07) is 18.4. The largest absolute Gasteiger partial charge is 0.356 e. The molecule has 0 saturated carbocycles. The minimum atomic E-state index is -0.252. The van der Waals surface area contributed by atoms with Gasteiger partial charge < -0.3 is 10.2 Å². The fourth-order valence-electron chi connectivity index (χ4n) is 3.50. The molecule has 1 atom stereocenters. The lowest BCUT2D eigenvalue weighted by Gasteiger charge is -2.17. The molecular weight excluding hydrogens is 336 g/mol. The van der Waals surface area contributed by atoms with Gasteiger partial charge in [-0.1, -0.05) is 49.4 Å². The van der Waals surface area contributed by atoms with E-state index >= 15 is 0 Å². The predicted molar refractivity (Wildman–Crippen MR) is 109 cm³/mol. The first-order valence-electron chi connectivity index (χ1n) is 9.88. The van der Waals surface area contributed by atoms with Crippen LogP contribution < -0.4 is 10.2 Å². The number of amides is 2. The second kappa shape index (κ2) is 9.36. The molecule has 2 aromatic carbocycles. The molecule has 0 unspecified atom stereocenters. The predicted octanol–water partition coefficient (Wildman–Crippen LogP) is 3.74. The van der Waals surface area contributed by atoms with Crippen LogP contribution >= 0.6 is 0 Å². The van der Waals surface area contributed by atoms with E-state index in [9.17, 15) is 9.59 Å². The number of carbonyl (C=O) groups excluding carboxylic acids is 2. The number of nitrogens with one attached hydrogen (secondary N) is 1. The number of unbranched alkanes of at least 4 members (excludes halogenated alkanes) is 1. The van der Waals surface area contributed by atoms with Crippen molar-refractivity contribution in [2.24, 2.45) is 5.92 Å². The molecule has 1 N–H and O–H groups in total. The highest BCUT2D eigenvalue weighted by atomic mass is 16.2. The van der Waals surface area contributed by atoms with Crippen molar-refractivity contribution in [3.63, 3.8) is 0 Å². The molecule has 2 amide bonds. The summed E-state index contributed by atoms with van der Waals surface area (Å²) in [5, 5.41) is 3.00. The summed E-state index contributed by atoms with van der Waals surface area (Å²) in [7, 11) is 0.